The van der Waals surface area contributed by atoms with Crippen LogP contribution in [-0.2, 0) is 26.6 Å². The molecule has 3 N–H and O–H groups in total. The molecule has 10 heteroatoms. The Morgan fingerprint density at radius 1 is 0.696 bits per heavy atom. The largest absolute Gasteiger partial charge is 0.500 e. The SMILES string of the molecule is CNCCC[Si](OC)(OC)OC.CO[Si](CCCN)(OC)OC. The van der Waals surface area contributed by atoms with E-state index in [0.29, 0.717) is 6.54 Å². The summed E-state index contributed by atoms with van der Waals surface area (Å²) in [5.41, 5.74) is 5.36. The molecule has 0 bridgehead atoms. The van der Waals surface area contributed by atoms with Crippen LogP contribution in [0.5, 0.6) is 0 Å². The molecule has 142 valence electrons. The molecule has 0 unspecified atom stereocenters. The van der Waals surface area contributed by atoms with Crippen molar-refractivity contribution in [3.05, 3.63) is 0 Å². The molecule has 0 spiro atoms. The summed E-state index contributed by atoms with van der Waals surface area (Å²) in [4.78, 5) is 0. The fourth-order valence-corrected chi connectivity index (χ4v) is 5.38. The highest BCUT2D eigenvalue weighted by Crippen LogP contribution is 2.14. The topological polar surface area (TPSA) is 93.4 Å². The van der Waals surface area contributed by atoms with Crippen LogP contribution in [0.25, 0.3) is 0 Å². The molecule has 0 aliphatic heterocycles. The van der Waals surface area contributed by atoms with Crippen molar-refractivity contribution in [2.45, 2.75) is 24.9 Å². The average Bonchev–Trinajstić information content (AvgIpc) is 2.62. The fourth-order valence-electron chi connectivity index (χ4n) is 1.91. The van der Waals surface area contributed by atoms with E-state index in [-0.39, 0.29) is 0 Å². The molecule has 0 radical (unpaired) electrons. The normalized spacial score (nSPS) is 12.0. The highest BCUT2D eigenvalue weighted by molar-refractivity contribution is 6.60. The van der Waals surface area contributed by atoms with Gasteiger partial charge < -0.3 is 37.6 Å². The first-order valence-corrected chi connectivity index (χ1v) is 11.5. The minimum atomic E-state index is -2.32. The Hall–Kier alpha value is 0.114. The van der Waals surface area contributed by atoms with Crippen LogP contribution in [0.15, 0.2) is 0 Å². The highest BCUT2D eigenvalue weighted by atomic mass is 28.4. The summed E-state index contributed by atoms with van der Waals surface area (Å²) in [7, 11) is 7.05. The monoisotopic (exact) mass is 372 g/mol. The Morgan fingerprint density at radius 3 is 1.30 bits per heavy atom. The summed E-state index contributed by atoms with van der Waals surface area (Å²) in [5, 5.41) is 3.07. The Bertz CT molecular complexity index is 240. The lowest BCUT2D eigenvalue weighted by atomic mass is 10.5. The van der Waals surface area contributed by atoms with E-state index in [0.717, 1.165) is 31.5 Å². The number of nitrogens with one attached hydrogen (secondary N) is 1. The van der Waals surface area contributed by atoms with E-state index < -0.39 is 17.6 Å². The van der Waals surface area contributed by atoms with Gasteiger partial charge in [0.25, 0.3) is 0 Å². The second-order valence-corrected chi connectivity index (χ2v) is 10.9. The quantitative estimate of drug-likeness (QED) is 0.360. The fraction of sp³-hybridized carbons (Fsp3) is 1.00. The van der Waals surface area contributed by atoms with Crippen LogP contribution < -0.4 is 11.1 Å². The smallest absolute Gasteiger partial charge is 0.377 e. The van der Waals surface area contributed by atoms with Crippen LogP contribution >= 0.6 is 0 Å². The Balaban J connectivity index is 0. The molecule has 0 heterocycles. The first-order chi connectivity index (χ1) is 11.0. The molecule has 0 atom stereocenters. The first-order valence-electron chi connectivity index (χ1n) is 7.64. The van der Waals surface area contributed by atoms with Crippen molar-refractivity contribution in [3.8, 4) is 0 Å². The zero-order valence-electron chi connectivity index (χ0n) is 15.8. The summed E-state index contributed by atoms with van der Waals surface area (Å²) in [6.07, 6.45) is 1.89. The van der Waals surface area contributed by atoms with Crippen molar-refractivity contribution in [2.75, 3.05) is 62.8 Å². The Kier molecular flexibility index (Phi) is 17.2. The maximum absolute atomic E-state index is 5.36. The third kappa shape index (κ3) is 10.6. The maximum Gasteiger partial charge on any atom is 0.500 e. The van der Waals surface area contributed by atoms with Crippen molar-refractivity contribution in [1.82, 2.24) is 5.32 Å². The third-order valence-corrected chi connectivity index (χ3v) is 9.13. The molecule has 0 aromatic carbocycles. The van der Waals surface area contributed by atoms with Crippen molar-refractivity contribution >= 4 is 17.6 Å². The molecular weight excluding hydrogens is 336 g/mol. The molecule has 23 heavy (non-hydrogen) atoms. The third-order valence-electron chi connectivity index (χ3n) is 3.46. The second-order valence-electron chi connectivity index (χ2n) is 4.69. The second kappa shape index (κ2) is 15.6. The standard InChI is InChI=1S/C7H19NO3Si.C6H17NO3Si/c1-8-6-5-7-12(9-2,10-3)11-4;1-8-11(9-2,10-3)6-4-5-7/h8H,5-7H2,1-4H3;4-7H2,1-3H3. The van der Waals surface area contributed by atoms with E-state index >= 15 is 0 Å². The van der Waals surface area contributed by atoms with Crippen LogP contribution in [0.3, 0.4) is 0 Å². The predicted molar refractivity (Wildman–Crippen MR) is 95.4 cm³/mol. The number of rotatable bonds is 13. The Labute approximate surface area is 143 Å². The zero-order chi connectivity index (χ0) is 18.2. The van der Waals surface area contributed by atoms with Gasteiger partial charge in [0.05, 0.1) is 0 Å². The van der Waals surface area contributed by atoms with E-state index in [4.69, 9.17) is 32.3 Å². The predicted octanol–water partition coefficient (Wildman–Crippen LogP) is 0.687. The molecule has 0 rings (SSSR count). The van der Waals surface area contributed by atoms with Gasteiger partial charge in [-0.15, -0.1) is 0 Å². The molecule has 0 aromatic rings. The van der Waals surface area contributed by atoms with E-state index in [1.807, 2.05) is 7.05 Å². The lowest BCUT2D eigenvalue weighted by Crippen LogP contribution is -2.43. The molecular formula is C13H36N2O6Si2. The average molecular weight is 373 g/mol. The van der Waals surface area contributed by atoms with Gasteiger partial charge in [-0.25, -0.2) is 0 Å². The zero-order valence-corrected chi connectivity index (χ0v) is 17.8. The van der Waals surface area contributed by atoms with E-state index in [1.165, 1.54) is 0 Å². The van der Waals surface area contributed by atoms with Gasteiger partial charge in [-0.05, 0) is 33.0 Å². The van der Waals surface area contributed by atoms with Gasteiger partial charge in [0.15, 0.2) is 0 Å². The van der Waals surface area contributed by atoms with Gasteiger partial charge in [-0.1, -0.05) is 0 Å². The van der Waals surface area contributed by atoms with Crippen molar-refractivity contribution in [2.24, 2.45) is 5.73 Å². The molecule has 0 amide bonds. The van der Waals surface area contributed by atoms with Gasteiger partial charge >= 0.3 is 17.6 Å². The summed E-state index contributed by atoms with van der Waals surface area (Å²) < 4.78 is 31.3. The van der Waals surface area contributed by atoms with E-state index in [1.54, 1.807) is 42.7 Å². The van der Waals surface area contributed by atoms with Gasteiger partial charge in [0.2, 0.25) is 0 Å². The summed E-state index contributed by atoms with van der Waals surface area (Å²) >= 11 is 0. The molecule has 0 aliphatic carbocycles. The lowest BCUT2D eigenvalue weighted by Gasteiger charge is -2.24. The van der Waals surface area contributed by atoms with Crippen LogP contribution in [0.1, 0.15) is 12.8 Å². The van der Waals surface area contributed by atoms with Crippen molar-refractivity contribution < 1.29 is 26.6 Å². The van der Waals surface area contributed by atoms with Crippen molar-refractivity contribution in [1.29, 1.82) is 0 Å². The van der Waals surface area contributed by atoms with Gasteiger partial charge in [0, 0.05) is 54.7 Å². The molecule has 0 saturated heterocycles. The van der Waals surface area contributed by atoms with Crippen LogP contribution in [-0.4, -0.2) is 80.4 Å². The Morgan fingerprint density at radius 2 is 1.04 bits per heavy atom. The lowest BCUT2D eigenvalue weighted by molar-refractivity contribution is 0.122. The minimum absolute atomic E-state index is 0.644. The number of hydrogen-bond acceptors (Lipinski definition) is 8. The number of nitrogens with two attached hydrogens (primary N) is 1. The molecule has 0 aliphatic rings. The minimum Gasteiger partial charge on any atom is -0.377 e. The summed E-state index contributed by atoms with van der Waals surface area (Å²) in [6.45, 7) is 1.61. The van der Waals surface area contributed by atoms with Crippen LogP contribution in [0, 0.1) is 0 Å². The van der Waals surface area contributed by atoms with Crippen LogP contribution in [0.2, 0.25) is 12.1 Å². The summed E-state index contributed by atoms with van der Waals surface area (Å²) in [5.74, 6) is 0. The molecule has 0 aromatic heterocycles. The summed E-state index contributed by atoms with van der Waals surface area (Å²) in [6, 6.07) is 1.64. The molecule has 0 fully saturated rings. The highest BCUT2D eigenvalue weighted by Gasteiger charge is 2.37. The van der Waals surface area contributed by atoms with Crippen LogP contribution in [0.4, 0.5) is 0 Å². The number of hydrogen-bond donors (Lipinski definition) is 2. The molecule has 8 nitrogen and oxygen atoms in total. The first kappa shape index (κ1) is 25.4. The van der Waals surface area contributed by atoms with Gasteiger partial charge in [-0.3, -0.25) is 0 Å². The van der Waals surface area contributed by atoms with Crippen molar-refractivity contribution in [3.63, 3.8) is 0 Å². The molecule has 0 saturated carbocycles. The van der Waals surface area contributed by atoms with E-state index in [2.05, 4.69) is 5.32 Å². The van der Waals surface area contributed by atoms with E-state index in [9.17, 15) is 0 Å². The maximum atomic E-state index is 5.36. The van der Waals surface area contributed by atoms with Gasteiger partial charge in [-0.2, -0.15) is 0 Å². The van der Waals surface area contributed by atoms with Gasteiger partial charge in [0.1, 0.15) is 0 Å².